The van der Waals surface area contributed by atoms with Gasteiger partial charge in [0.1, 0.15) is 11.3 Å². The molecule has 0 radical (unpaired) electrons. The average Bonchev–Trinajstić information content (AvgIpc) is 3.77. The number of benzene rings is 1. The predicted octanol–water partition coefficient (Wildman–Crippen LogP) is 7.46. The molecular formula is C32H29F2N5O4S. The van der Waals surface area contributed by atoms with E-state index in [-0.39, 0.29) is 41.2 Å². The lowest BCUT2D eigenvalue weighted by Crippen LogP contribution is -2.30. The third-order valence-corrected chi connectivity index (χ3v) is 8.10. The quantitative estimate of drug-likeness (QED) is 0.183. The lowest BCUT2D eigenvalue weighted by Gasteiger charge is -2.16. The normalized spacial score (nSPS) is 13.0. The molecule has 5 aromatic rings. The fourth-order valence-electron chi connectivity index (χ4n) is 5.15. The molecule has 44 heavy (non-hydrogen) atoms. The second-order valence-corrected chi connectivity index (χ2v) is 11.4. The van der Waals surface area contributed by atoms with E-state index in [1.807, 2.05) is 20.8 Å². The molecule has 1 aliphatic carbocycles. The summed E-state index contributed by atoms with van der Waals surface area (Å²) >= 11 is 0.0439. The Morgan fingerprint density at radius 3 is 2.55 bits per heavy atom. The molecular weight excluding hydrogens is 588 g/mol. The maximum absolute atomic E-state index is 15.2. The van der Waals surface area contributed by atoms with Crippen molar-refractivity contribution in [2.24, 2.45) is 0 Å². The molecule has 1 N–H and O–H groups in total. The lowest BCUT2D eigenvalue weighted by molar-refractivity contribution is 0.102. The molecule has 4 aromatic heterocycles. The number of aryl methyl sites for hydroxylation is 1. The minimum Gasteiger partial charge on any atom is -0.481 e. The van der Waals surface area contributed by atoms with Crippen LogP contribution in [0.25, 0.3) is 16.7 Å². The molecule has 4 heterocycles. The number of anilines is 1. The summed E-state index contributed by atoms with van der Waals surface area (Å²) in [5, 5.41) is 3.16. The van der Waals surface area contributed by atoms with Gasteiger partial charge in [-0.15, -0.1) is 3.89 Å². The van der Waals surface area contributed by atoms with E-state index in [0.717, 1.165) is 30.2 Å². The van der Waals surface area contributed by atoms with Crippen LogP contribution < -0.4 is 20.3 Å². The molecule has 0 atom stereocenters. The van der Waals surface area contributed by atoms with Gasteiger partial charge in [0.15, 0.2) is 29.5 Å². The number of pyridine rings is 3. The molecule has 12 heteroatoms. The standard InChI is InChI=1S/C32H29F2N5O4S/c1-17(2)25-15-22-27(11-12-35-30(22)39(25)44-34)43-28-10-7-20(14-23(28)33)37-31(40)21-8-9-24(19-5-6-19)38(32(21)41)26-16-36-29(42-4)13-18(26)3/h7-17,19H,5-6H2,1-4H3,(H,37,40). The number of carbonyl (C=O) groups excluding carboxylic acids is 1. The predicted molar refractivity (Wildman–Crippen MR) is 165 cm³/mol. The maximum atomic E-state index is 15.2. The first-order chi connectivity index (χ1) is 21.2. The zero-order chi connectivity index (χ0) is 31.1. The van der Waals surface area contributed by atoms with Crippen molar-refractivity contribution in [1.29, 1.82) is 0 Å². The van der Waals surface area contributed by atoms with Crippen molar-refractivity contribution in [3.05, 3.63) is 99.6 Å². The Bertz CT molecular complexity index is 1970. The molecule has 1 amide bonds. The zero-order valence-corrected chi connectivity index (χ0v) is 25.2. The molecule has 0 unspecified atom stereocenters. The first kappa shape index (κ1) is 29.4. The number of hydrogen-bond acceptors (Lipinski definition) is 7. The fourth-order valence-corrected chi connectivity index (χ4v) is 5.71. The van der Waals surface area contributed by atoms with Crippen LogP contribution in [0.5, 0.6) is 17.4 Å². The number of nitrogens with zero attached hydrogens (tertiary/aromatic N) is 4. The number of methoxy groups -OCH3 is 1. The largest absolute Gasteiger partial charge is 0.481 e. The SMILES string of the molecule is COc1cc(C)c(-n2c(C3CC3)ccc(C(=O)Nc3ccc(Oc4ccnc5c4cc(C(C)C)n5SF)c(F)c3)c2=O)cn1. The second-order valence-electron chi connectivity index (χ2n) is 10.9. The van der Waals surface area contributed by atoms with Crippen molar-refractivity contribution in [3.8, 4) is 23.1 Å². The van der Waals surface area contributed by atoms with Gasteiger partial charge in [0.25, 0.3) is 11.5 Å². The number of hydrogen-bond donors (Lipinski definition) is 1. The van der Waals surface area contributed by atoms with Crippen LogP contribution in [-0.2, 0) is 0 Å². The highest BCUT2D eigenvalue weighted by atomic mass is 32.2. The van der Waals surface area contributed by atoms with Gasteiger partial charge < -0.3 is 14.8 Å². The Hall–Kier alpha value is -4.71. The summed E-state index contributed by atoms with van der Waals surface area (Å²) in [7, 11) is 1.51. The summed E-state index contributed by atoms with van der Waals surface area (Å²) in [6, 6.07) is 12.3. The number of carbonyl (C=O) groups is 1. The van der Waals surface area contributed by atoms with Gasteiger partial charge in [-0.05, 0) is 73.6 Å². The molecule has 1 aromatic carbocycles. The van der Waals surface area contributed by atoms with E-state index in [9.17, 15) is 13.5 Å². The monoisotopic (exact) mass is 617 g/mol. The van der Waals surface area contributed by atoms with Crippen molar-refractivity contribution in [1.82, 2.24) is 18.5 Å². The van der Waals surface area contributed by atoms with E-state index < -0.39 is 17.3 Å². The van der Waals surface area contributed by atoms with Gasteiger partial charge >= 0.3 is 0 Å². The summed E-state index contributed by atoms with van der Waals surface area (Å²) in [6.45, 7) is 5.71. The minimum absolute atomic E-state index is 0.0193. The Balaban J connectivity index is 1.27. The molecule has 1 fully saturated rings. The molecule has 0 aliphatic heterocycles. The van der Waals surface area contributed by atoms with Crippen molar-refractivity contribution in [2.45, 2.75) is 45.4 Å². The van der Waals surface area contributed by atoms with E-state index in [0.29, 0.717) is 34.0 Å². The fraction of sp³-hybridized carbons (Fsp3) is 0.250. The van der Waals surface area contributed by atoms with Crippen molar-refractivity contribution in [2.75, 3.05) is 12.4 Å². The molecule has 0 bridgehead atoms. The summed E-state index contributed by atoms with van der Waals surface area (Å²) in [5.74, 6) is -0.554. The summed E-state index contributed by atoms with van der Waals surface area (Å²) in [4.78, 5) is 35.5. The molecule has 0 saturated heterocycles. The highest BCUT2D eigenvalue weighted by molar-refractivity contribution is 7.93. The summed E-state index contributed by atoms with van der Waals surface area (Å²) in [6.07, 6.45) is 4.92. The smallest absolute Gasteiger partial charge is 0.268 e. The maximum Gasteiger partial charge on any atom is 0.268 e. The van der Waals surface area contributed by atoms with Gasteiger partial charge in [0, 0.05) is 35.4 Å². The van der Waals surface area contributed by atoms with Crippen molar-refractivity contribution >= 4 is 35.0 Å². The van der Waals surface area contributed by atoms with E-state index in [1.165, 1.54) is 40.0 Å². The van der Waals surface area contributed by atoms with Crippen LogP contribution in [-0.4, -0.2) is 31.5 Å². The van der Waals surface area contributed by atoms with Gasteiger partial charge in [0.05, 0.1) is 24.4 Å². The van der Waals surface area contributed by atoms with E-state index in [1.54, 1.807) is 30.5 Å². The highest BCUT2D eigenvalue weighted by Gasteiger charge is 2.29. The Kier molecular flexibility index (Phi) is 7.85. The summed E-state index contributed by atoms with van der Waals surface area (Å²) in [5.41, 5.74) is 2.75. The molecule has 226 valence electrons. The number of halogens is 2. The number of rotatable bonds is 9. The molecule has 1 saturated carbocycles. The average molecular weight is 618 g/mol. The van der Waals surface area contributed by atoms with Crippen LogP contribution in [0.1, 0.15) is 65.8 Å². The van der Waals surface area contributed by atoms with E-state index >= 15 is 4.39 Å². The zero-order valence-electron chi connectivity index (χ0n) is 24.4. The van der Waals surface area contributed by atoms with Gasteiger partial charge in [-0.1, -0.05) is 13.8 Å². The lowest BCUT2D eigenvalue weighted by atomic mass is 10.1. The van der Waals surface area contributed by atoms with Crippen LogP contribution in [0.15, 0.2) is 65.7 Å². The first-order valence-electron chi connectivity index (χ1n) is 14.0. The molecule has 6 rings (SSSR count). The minimum atomic E-state index is -0.738. The van der Waals surface area contributed by atoms with Gasteiger partial charge in [-0.2, -0.15) is 0 Å². The van der Waals surface area contributed by atoms with Crippen LogP contribution in [0, 0.1) is 12.7 Å². The van der Waals surface area contributed by atoms with Gasteiger partial charge in [-0.25, -0.2) is 18.3 Å². The number of ether oxygens (including phenoxy) is 2. The number of nitrogens with one attached hydrogen (secondary N) is 1. The van der Waals surface area contributed by atoms with Crippen LogP contribution in [0.3, 0.4) is 0 Å². The van der Waals surface area contributed by atoms with Gasteiger partial charge in [0.2, 0.25) is 5.88 Å². The Morgan fingerprint density at radius 1 is 1.09 bits per heavy atom. The number of fused-ring (bicyclic) bond motifs is 1. The van der Waals surface area contributed by atoms with Crippen LogP contribution in [0.4, 0.5) is 14.0 Å². The highest BCUT2D eigenvalue weighted by Crippen LogP contribution is 2.41. The third-order valence-electron chi connectivity index (χ3n) is 7.58. The second kappa shape index (κ2) is 11.8. The van der Waals surface area contributed by atoms with Gasteiger partial charge in [-0.3, -0.25) is 14.2 Å². The topological polar surface area (TPSA) is 100 Å². The number of amides is 1. The van der Waals surface area contributed by atoms with E-state index in [4.69, 9.17) is 9.47 Å². The van der Waals surface area contributed by atoms with Crippen molar-refractivity contribution < 1.29 is 22.5 Å². The summed E-state index contributed by atoms with van der Waals surface area (Å²) < 4.78 is 42.9. The Morgan fingerprint density at radius 2 is 1.89 bits per heavy atom. The van der Waals surface area contributed by atoms with Crippen LogP contribution in [0.2, 0.25) is 0 Å². The van der Waals surface area contributed by atoms with E-state index in [2.05, 4.69) is 15.3 Å². The van der Waals surface area contributed by atoms with Crippen molar-refractivity contribution in [3.63, 3.8) is 0 Å². The molecule has 0 spiro atoms. The molecule has 9 nitrogen and oxygen atoms in total. The first-order valence-corrected chi connectivity index (χ1v) is 14.7. The molecule has 1 aliphatic rings. The number of aromatic nitrogens is 4. The van der Waals surface area contributed by atoms with Crippen LogP contribution >= 0.6 is 12.3 Å². The third kappa shape index (κ3) is 5.41. The Labute approximate surface area is 256 Å².